The van der Waals surface area contributed by atoms with E-state index in [9.17, 15) is 4.79 Å². The molecule has 0 aromatic rings. The second-order valence-corrected chi connectivity index (χ2v) is 7.48. The fourth-order valence-electron chi connectivity index (χ4n) is 3.97. The van der Waals surface area contributed by atoms with Crippen molar-refractivity contribution in [3.63, 3.8) is 0 Å². The van der Waals surface area contributed by atoms with E-state index in [0.717, 1.165) is 44.6 Å². The fourth-order valence-corrected chi connectivity index (χ4v) is 3.97. The van der Waals surface area contributed by atoms with Gasteiger partial charge >= 0.3 is 0 Å². The van der Waals surface area contributed by atoms with Gasteiger partial charge in [-0.3, -0.25) is 14.6 Å². The van der Waals surface area contributed by atoms with E-state index in [1.165, 1.54) is 25.7 Å². The lowest BCUT2D eigenvalue weighted by Gasteiger charge is -2.37. The quantitative estimate of drug-likeness (QED) is 0.857. The van der Waals surface area contributed by atoms with Crippen LogP contribution in [0.3, 0.4) is 0 Å². The van der Waals surface area contributed by atoms with E-state index in [4.69, 9.17) is 0 Å². The summed E-state index contributed by atoms with van der Waals surface area (Å²) in [5, 5.41) is 3.30. The first kappa shape index (κ1) is 15.3. The first-order valence-electron chi connectivity index (χ1n) is 8.89. The molecule has 3 atom stereocenters. The summed E-state index contributed by atoms with van der Waals surface area (Å²) in [6.07, 6.45) is 6.51. The molecule has 1 saturated heterocycles. The second kappa shape index (κ2) is 6.66. The molecule has 0 aromatic carbocycles. The highest BCUT2D eigenvalue weighted by Crippen LogP contribution is 2.29. The van der Waals surface area contributed by atoms with E-state index in [0.29, 0.717) is 18.5 Å². The lowest BCUT2D eigenvalue weighted by molar-refractivity contribution is -0.124. The van der Waals surface area contributed by atoms with Gasteiger partial charge in [0, 0.05) is 38.3 Å². The van der Waals surface area contributed by atoms with Gasteiger partial charge in [0.15, 0.2) is 0 Å². The van der Waals surface area contributed by atoms with Crippen LogP contribution < -0.4 is 5.32 Å². The summed E-state index contributed by atoms with van der Waals surface area (Å²) >= 11 is 0. The molecule has 0 spiro atoms. The van der Waals surface area contributed by atoms with Gasteiger partial charge in [0.2, 0.25) is 5.91 Å². The Bertz CT molecular complexity index is 361. The van der Waals surface area contributed by atoms with Crippen LogP contribution in [0.2, 0.25) is 0 Å². The highest BCUT2D eigenvalue weighted by Gasteiger charge is 2.32. The Hall–Kier alpha value is -0.610. The number of carbonyl (C=O) groups excluding carboxylic acids is 1. The molecule has 0 bridgehead atoms. The van der Waals surface area contributed by atoms with Gasteiger partial charge in [-0.2, -0.15) is 0 Å². The maximum Gasteiger partial charge on any atom is 0.234 e. The molecule has 120 valence electrons. The Balaban J connectivity index is 1.39. The monoisotopic (exact) mass is 293 g/mol. The highest BCUT2D eigenvalue weighted by molar-refractivity contribution is 5.78. The smallest absolute Gasteiger partial charge is 0.234 e. The number of piperazine rings is 1. The fraction of sp³-hybridized carbons (Fsp3) is 0.941. The van der Waals surface area contributed by atoms with Crippen molar-refractivity contribution in [1.29, 1.82) is 0 Å². The number of amides is 1. The van der Waals surface area contributed by atoms with Crippen LogP contribution in [0.1, 0.15) is 46.0 Å². The SMILES string of the molecule is C[C@@H]1[C@H](C)CCC[C@H]1NC(=O)CN1CCN(C2CC2)CC1. The Labute approximate surface area is 129 Å². The van der Waals surface area contributed by atoms with Crippen molar-refractivity contribution >= 4 is 5.91 Å². The normalized spacial score (nSPS) is 35.6. The number of nitrogens with zero attached hydrogens (tertiary/aromatic N) is 2. The lowest BCUT2D eigenvalue weighted by atomic mass is 9.78. The predicted octanol–water partition coefficient (Wildman–Crippen LogP) is 1.71. The van der Waals surface area contributed by atoms with E-state index in [1.54, 1.807) is 0 Å². The molecule has 1 amide bonds. The summed E-state index contributed by atoms with van der Waals surface area (Å²) in [6, 6.07) is 1.26. The van der Waals surface area contributed by atoms with Crippen molar-refractivity contribution in [1.82, 2.24) is 15.1 Å². The molecular weight excluding hydrogens is 262 g/mol. The minimum atomic E-state index is 0.237. The van der Waals surface area contributed by atoms with E-state index >= 15 is 0 Å². The molecule has 1 heterocycles. The molecule has 4 heteroatoms. The number of hydrogen-bond donors (Lipinski definition) is 1. The van der Waals surface area contributed by atoms with Crippen molar-refractivity contribution in [3.05, 3.63) is 0 Å². The zero-order chi connectivity index (χ0) is 14.8. The Morgan fingerprint density at radius 1 is 1.05 bits per heavy atom. The van der Waals surface area contributed by atoms with Crippen LogP contribution in [0.15, 0.2) is 0 Å². The lowest BCUT2D eigenvalue weighted by Crippen LogP contribution is -2.52. The highest BCUT2D eigenvalue weighted by atomic mass is 16.2. The first-order valence-corrected chi connectivity index (χ1v) is 8.89. The van der Waals surface area contributed by atoms with E-state index in [2.05, 4.69) is 29.0 Å². The third-order valence-corrected chi connectivity index (χ3v) is 5.89. The zero-order valence-electron chi connectivity index (χ0n) is 13.7. The van der Waals surface area contributed by atoms with E-state index < -0.39 is 0 Å². The summed E-state index contributed by atoms with van der Waals surface area (Å²) < 4.78 is 0. The van der Waals surface area contributed by atoms with Crippen LogP contribution in [-0.2, 0) is 4.79 Å². The minimum Gasteiger partial charge on any atom is -0.352 e. The molecule has 4 nitrogen and oxygen atoms in total. The molecule has 1 N–H and O–H groups in total. The summed E-state index contributed by atoms with van der Waals surface area (Å²) in [5.41, 5.74) is 0. The number of rotatable bonds is 4. The maximum absolute atomic E-state index is 12.3. The molecule has 3 fully saturated rings. The molecule has 2 saturated carbocycles. The summed E-state index contributed by atoms with van der Waals surface area (Å²) in [4.78, 5) is 17.2. The Morgan fingerprint density at radius 3 is 2.43 bits per heavy atom. The zero-order valence-corrected chi connectivity index (χ0v) is 13.7. The molecule has 2 aliphatic carbocycles. The molecule has 0 aromatic heterocycles. The van der Waals surface area contributed by atoms with Crippen molar-refractivity contribution in [2.75, 3.05) is 32.7 Å². The summed E-state index contributed by atoms with van der Waals surface area (Å²) in [5.74, 6) is 1.60. The van der Waals surface area contributed by atoms with Gasteiger partial charge in [-0.15, -0.1) is 0 Å². The van der Waals surface area contributed by atoms with E-state index in [-0.39, 0.29) is 5.91 Å². The topological polar surface area (TPSA) is 35.6 Å². The maximum atomic E-state index is 12.3. The van der Waals surface area contributed by atoms with Crippen LogP contribution in [0.4, 0.5) is 0 Å². The van der Waals surface area contributed by atoms with Gasteiger partial charge in [-0.25, -0.2) is 0 Å². The van der Waals surface area contributed by atoms with Gasteiger partial charge in [0.25, 0.3) is 0 Å². The van der Waals surface area contributed by atoms with Crippen molar-refractivity contribution in [2.45, 2.75) is 58.0 Å². The molecule has 0 radical (unpaired) electrons. The molecule has 0 unspecified atom stereocenters. The van der Waals surface area contributed by atoms with Crippen LogP contribution in [0.5, 0.6) is 0 Å². The molecule has 3 rings (SSSR count). The predicted molar refractivity (Wildman–Crippen MR) is 85.1 cm³/mol. The third-order valence-electron chi connectivity index (χ3n) is 5.89. The van der Waals surface area contributed by atoms with Gasteiger partial charge in [-0.1, -0.05) is 26.7 Å². The van der Waals surface area contributed by atoms with E-state index in [1.807, 2.05) is 0 Å². The van der Waals surface area contributed by atoms with Crippen LogP contribution >= 0.6 is 0 Å². The summed E-state index contributed by atoms with van der Waals surface area (Å²) in [7, 11) is 0. The number of hydrogen-bond acceptors (Lipinski definition) is 3. The first-order chi connectivity index (χ1) is 10.1. The molecule has 1 aliphatic heterocycles. The number of carbonyl (C=O) groups is 1. The average Bonchev–Trinajstić information content (AvgIpc) is 3.29. The van der Waals surface area contributed by atoms with Crippen LogP contribution in [0.25, 0.3) is 0 Å². The molecular formula is C17H31N3O. The van der Waals surface area contributed by atoms with Crippen molar-refractivity contribution in [3.8, 4) is 0 Å². The minimum absolute atomic E-state index is 0.237. The Morgan fingerprint density at radius 2 is 1.76 bits per heavy atom. The van der Waals surface area contributed by atoms with Crippen LogP contribution in [0, 0.1) is 11.8 Å². The van der Waals surface area contributed by atoms with Gasteiger partial charge in [0.05, 0.1) is 6.54 Å². The number of nitrogens with one attached hydrogen (secondary N) is 1. The summed E-state index contributed by atoms with van der Waals surface area (Å²) in [6.45, 7) is 9.62. The van der Waals surface area contributed by atoms with Crippen LogP contribution in [-0.4, -0.2) is 60.5 Å². The molecule has 21 heavy (non-hydrogen) atoms. The second-order valence-electron chi connectivity index (χ2n) is 7.48. The largest absolute Gasteiger partial charge is 0.352 e. The average molecular weight is 293 g/mol. The Kier molecular flexibility index (Phi) is 4.85. The van der Waals surface area contributed by atoms with Gasteiger partial charge in [0.1, 0.15) is 0 Å². The van der Waals surface area contributed by atoms with Gasteiger partial charge < -0.3 is 5.32 Å². The van der Waals surface area contributed by atoms with Gasteiger partial charge in [-0.05, 0) is 31.1 Å². The molecule has 3 aliphatic rings. The van der Waals surface area contributed by atoms with Crippen molar-refractivity contribution in [2.24, 2.45) is 11.8 Å². The van der Waals surface area contributed by atoms with Crippen molar-refractivity contribution < 1.29 is 4.79 Å². The third kappa shape index (κ3) is 3.98. The standard InChI is InChI=1S/C17H31N3O/c1-13-4-3-5-16(14(13)2)18-17(21)12-19-8-10-20(11-9-19)15-6-7-15/h13-16H,3-12H2,1-2H3,(H,18,21)/t13-,14-,16-/m1/s1.